The molecule has 0 spiro atoms. The summed E-state index contributed by atoms with van der Waals surface area (Å²) < 4.78 is 10.4. The first-order valence-corrected chi connectivity index (χ1v) is 8.00. The zero-order chi connectivity index (χ0) is 17.3. The summed E-state index contributed by atoms with van der Waals surface area (Å²) in [5.74, 6) is 1.17. The van der Waals surface area contributed by atoms with Gasteiger partial charge in [-0.1, -0.05) is 11.6 Å². The topological polar surface area (TPSA) is 85.4 Å². The third kappa shape index (κ3) is 9.20. The molecule has 0 fully saturated rings. The largest absolute Gasteiger partial charge is 0.444 e. The highest BCUT2D eigenvalue weighted by Crippen LogP contribution is 2.12. The van der Waals surface area contributed by atoms with Crippen LogP contribution < -0.4 is 10.6 Å². The van der Waals surface area contributed by atoms with Crippen LogP contribution in [0.25, 0.3) is 0 Å². The predicted octanol–water partition coefficient (Wildman–Crippen LogP) is 2.99. The molecule has 0 aliphatic heterocycles. The zero-order valence-corrected chi connectivity index (χ0v) is 14.9. The van der Waals surface area contributed by atoms with Gasteiger partial charge in [0.15, 0.2) is 5.82 Å². The van der Waals surface area contributed by atoms with E-state index in [0.717, 1.165) is 6.42 Å². The molecular formula is C15H25ClN4O3. The number of hydrogen-bond donors (Lipinski definition) is 2. The lowest BCUT2D eigenvalue weighted by Crippen LogP contribution is -2.33. The normalized spacial score (nSPS) is 11.2. The first-order chi connectivity index (χ1) is 10.8. The fraction of sp³-hybridized carbons (Fsp3) is 0.667. The molecule has 0 aromatic carbocycles. The third-order valence-electron chi connectivity index (χ3n) is 2.50. The van der Waals surface area contributed by atoms with Crippen molar-refractivity contribution in [1.29, 1.82) is 0 Å². The number of hydrogen-bond acceptors (Lipinski definition) is 6. The Labute approximate surface area is 142 Å². The molecule has 0 aliphatic rings. The number of nitrogens with one attached hydrogen (secondary N) is 2. The van der Waals surface area contributed by atoms with Gasteiger partial charge >= 0.3 is 6.09 Å². The summed E-state index contributed by atoms with van der Waals surface area (Å²) in [6.07, 6.45) is 0.309. The Hall–Kier alpha value is -1.60. The molecule has 7 nitrogen and oxygen atoms in total. The van der Waals surface area contributed by atoms with Crippen LogP contribution in [0, 0.1) is 0 Å². The summed E-state index contributed by atoms with van der Waals surface area (Å²) in [5, 5.41) is 6.20. The van der Waals surface area contributed by atoms with Gasteiger partial charge in [0, 0.05) is 25.8 Å². The van der Waals surface area contributed by atoms with Crippen molar-refractivity contribution in [3.8, 4) is 0 Å². The molecule has 0 aliphatic carbocycles. The van der Waals surface area contributed by atoms with Crippen molar-refractivity contribution in [2.45, 2.75) is 46.3 Å². The summed E-state index contributed by atoms with van der Waals surface area (Å²) >= 11 is 5.95. The van der Waals surface area contributed by atoms with Gasteiger partial charge in [0.1, 0.15) is 23.2 Å². The molecule has 1 aromatic rings. The quantitative estimate of drug-likeness (QED) is 0.557. The van der Waals surface area contributed by atoms with Crippen LogP contribution in [-0.4, -0.2) is 41.4 Å². The Morgan fingerprint density at radius 3 is 2.70 bits per heavy atom. The van der Waals surface area contributed by atoms with Gasteiger partial charge in [-0.25, -0.2) is 14.8 Å². The summed E-state index contributed by atoms with van der Waals surface area (Å²) in [4.78, 5) is 19.9. The first kappa shape index (κ1) is 19.4. The highest BCUT2D eigenvalue weighted by molar-refractivity contribution is 6.29. The second-order valence-electron chi connectivity index (χ2n) is 5.84. The monoisotopic (exact) mass is 344 g/mol. The van der Waals surface area contributed by atoms with E-state index >= 15 is 0 Å². The molecule has 130 valence electrons. The molecule has 0 radical (unpaired) electrons. The van der Waals surface area contributed by atoms with E-state index in [0.29, 0.717) is 43.1 Å². The van der Waals surface area contributed by atoms with Gasteiger partial charge in [0.2, 0.25) is 0 Å². The predicted molar refractivity (Wildman–Crippen MR) is 89.7 cm³/mol. The molecule has 1 heterocycles. The smallest absolute Gasteiger partial charge is 0.407 e. The maximum Gasteiger partial charge on any atom is 0.407 e. The average Bonchev–Trinajstić information content (AvgIpc) is 2.42. The molecule has 0 saturated carbocycles. The lowest BCUT2D eigenvalue weighted by Gasteiger charge is -2.19. The van der Waals surface area contributed by atoms with Crippen LogP contribution in [0.1, 0.15) is 39.9 Å². The number of ether oxygens (including phenoxy) is 2. The fourth-order valence-corrected chi connectivity index (χ4v) is 1.82. The number of halogens is 1. The summed E-state index contributed by atoms with van der Waals surface area (Å²) in [5.41, 5.74) is -0.489. The van der Waals surface area contributed by atoms with Crippen molar-refractivity contribution in [3.63, 3.8) is 0 Å². The van der Waals surface area contributed by atoms with Crippen molar-refractivity contribution >= 4 is 23.5 Å². The molecule has 1 rings (SSSR count). The Balaban J connectivity index is 2.30. The lowest BCUT2D eigenvalue weighted by molar-refractivity contribution is 0.0528. The zero-order valence-electron chi connectivity index (χ0n) is 14.1. The molecule has 0 atom stereocenters. The van der Waals surface area contributed by atoms with Gasteiger partial charge in [-0.3, -0.25) is 0 Å². The number of amides is 1. The molecule has 2 N–H and O–H groups in total. The number of carbonyl (C=O) groups is 1. The number of alkyl carbamates (subject to hydrolysis) is 1. The summed E-state index contributed by atoms with van der Waals surface area (Å²) in [7, 11) is 0. The fourth-order valence-electron chi connectivity index (χ4n) is 1.62. The second-order valence-corrected chi connectivity index (χ2v) is 6.23. The molecule has 8 heteroatoms. The van der Waals surface area contributed by atoms with Crippen LogP contribution in [0.5, 0.6) is 0 Å². The van der Waals surface area contributed by atoms with Gasteiger partial charge in [-0.2, -0.15) is 0 Å². The SMILES string of the molecule is CCOCc1nc(Cl)cc(NCCCNC(=O)OC(C)(C)C)n1. The van der Waals surface area contributed by atoms with Crippen molar-refractivity contribution < 1.29 is 14.3 Å². The van der Waals surface area contributed by atoms with Gasteiger partial charge in [-0.15, -0.1) is 0 Å². The number of nitrogens with zero attached hydrogens (tertiary/aromatic N) is 2. The number of anilines is 1. The molecule has 1 amide bonds. The Morgan fingerprint density at radius 2 is 2.04 bits per heavy atom. The summed E-state index contributed by atoms with van der Waals surface area (Å²) in [6.45, 7) is 9.44. The van der Waals surface area contributed by atoms with E-state index in [1.54, 1.807) is 6.07 Å². The minimum absolute atomic E-state index is 0.325. The van der Waals surface area contributed by atoms with E-state index < -0.39 is 11.7 Å². The molecule has 23 heavy (non-hydrogen) atoms. The van der Waals surface area contributed by atoms with Crippen LogP contribution in [0.4, 0.5) is 10.6 Å². The number of carbonyl (C=O) groups excluding carboxylic acids is 1. The van der Waals surface area contributed by atoms with Crippen LogP contribution >= 0.6 is 11.6 Å². The minimum atomic E-state index is -0.489. The average molecular weight is 345 g/mol. The Kier molecular flexibility index (Phi) is 8.05. The van der Waals surface area contributed by atoms with Gasteiger partial charge in [0.05, 0.1) is 0 Å². The van der Waals surface area contributed by atoms with Crippen LogP contribution in [0.15, 0.2) is 6.07 Å². The second kappa shape index (κ2) is 9.52. The minimum Gasteiger partial charge on any atom is -0.444 e. The Bertz CT molecular complexity index is 506. The van der Waals surface area contributed by atoms with Crippen molar-refractivity contribution in [2.24, 2.45) is 0 Å². The van der Waals surface area contributed by atoms with Gasteiger partial charge in [-0.05, 0) is 34.1 Å². The van der Waals surface area contributed by atoms with E-state index in [4.69, 9.17) is 21.1 Å². The van der Waals surface area contributed by atoms with Crippen molar-refractivity contribution in [3.05, 3.63) is 17.0 Å². The number of rotatable bonds is 8. The van der Waals surface area contributed by atoms with E-state index in [1.165, 1.54) is 0 Å². The van der Waals surface area contributed by atoms with E-state index in [9.17, 15) is 4.79 Å². The third-order valence-corrected chi connectivity index (χ3v) is 2.70. The highest BCUT2D eigenvalue weighted by atomic mass is 35.5. The maximum atomic E-state index is 11.5. The lowest BCUT2D eigenvalue weighted by atomic mass is 10.2. The van der Waals surface area contributed by atoms with Gasteiger partial charge in [0.25, 0.3) is 0 Å². The molecule has 0 bridgehead atoms. The van der Waals surface area contributed by atoms with E-state index in [1.807, 2.05) is 27.7 Å². The highest BCUT2D eigenvalue weighted by Gasteiger charge is 2.15. The molecule has 1 aromatic heterocycles. The van der Waals surface area contributed by atoms with Crippen LogP contribution in [0.2, 0.25) is 5.15 Å². The van der Waals surface area contributed by atoms with Crippen molar-refractivity contribution in [1.82, 2.24) is 15.3 Å². The van der Waals surface area contributed by atoms with Crippen LogP contribution in [0.3, 0.4) is 0 Å². The molecule has 0 unspecified atom stereocenters. The Morgan fingerprint density at radius 1 is 1.30 bits per heavy atom. The number of aromatic nitrogens is 2. The van der Waals surface area contributed by atoms with E-state index in [2.05, 4.69) is 20.6 Å². The standard InChI is InChI=1S/C15H25ClN4O3/c1-5-22-10-13-19-11(16)9-12(20-13)17-7-6-8-18-14(21)23-15(2,3)4/h9H,5-8,10H2,1-4H3,(H,18,21)(H,17,19,20). The van der Waals surface area contributed by atoms with E-state index in [-0.39, 0.29) is 0 Å². The van der Waals surface area contributed by atoms with Crippen LogP contribution in [-0.2, 0) is 16.1 Å². The maximum absolute atomic E-state index is 11.5. The molecule has 0 saturated heterocycles. The first-order valence-electron chi connectivity index (χ1n) is 7.62. The van der Waals surface area contributed by atoms with Gasteiger partial charge < -0.3 is 20.1 Å². The summed E-state index contributed by atoms with van der Waals surface area (Å²) in [6, 6.07) is 1.65. The van der Waals surface area contributed by atoms with Crippen molar-refractivity contribution in [2.75, 3.05) is 25.0 Å². The molecular weight excluding hydrogens is 320 g/mol.